The van der Waals surface area contributed by atoms with Crippen molar-refractivity contribution < 1.29 is 42.9 Å². The topological polar surface area (TPSA) is 114 Å². The smallest absolute Gasteiger partial charge is 0.303 e. The third-order valence-electron chi connectivity index (χ3n) is 4.40. The molecule has 1 aliphatic heterocycles. The lowest BCUT2D eigenvalue weighted by Gasteiger charge is -2.44. The Balaban J connectivity index is 2.53. The van der Waals surface area contributed by atoms with Crippen LogP contribution in [0.5, 0.6) is 0 Å². The highest BCUT2D eigenvalue weighted by molar-refractivity contribution is 5.68. The number of terminal acetylenes is 1. The number of benzene rings is 1. The van der Waals surface area contributed by atoms with Gasteiger partial charge in [-0.25, -0.2) is 0 Å². The minimum atomic E-state index is -1.21. The van der Waals surface area contributed by atoms with E-state index in [1.54, 1.807) is 24.3 Å². The molecule has 0 radical (unpaired) electrons. The third-order valence-corrected chi connectivity index (χ3v) is 4.40. The van der Waals surface area contributed by atoms with Crippen molar-refractivity contribution in [1.29, 1.82) is 0 Å². The Morgan fingerprint density at radius 3 is 1.84 bits per heavy atom. The monoisotopic (exact) mass is 432 g/mol. The SMILES string of the molecule is C#Cc1ccc(C2OC(COC(C)=O)C(OC(C)=O)C(OC(C)=O)C2OC(C)=O)cc1. The molecule has 0 saturated carbocycles. The van der Waals surface area contributed by atoms with Crippen LogP contribution < -0.4 is 0 Å². The van der Waals surface area contributed by atoms with Crippen LogP contribution in [0.1, 0.15) is 44.9 Å². The summed E-state index contributed by atoms with van der Waals surface area (Å²) in [5.41, 5.74) is 1.19. The molecular formula is C22H24O9. The van der Waals surface area contributed by atoms with E-state index in [0.29, 0.717) is 11.1 Å². The van der Waals surface area contributed by atoms with Gasteiger partial charge in [0.15, 0.2) is 18.3 Å². The first kappa shape index (κ1) is 23.9. The lowest BCUT2D eigenvalue weighted by molar-refractivity contribution is -0.254. The zero-order valence-electron chi connectivity index (χ0n) is 17.7. The summed E-state index contributed by atoms with van der Waals surface area (Å²) >= 11 is 0. The van der Waals surface area contributed by atoms with Gasteiger partial charge in [-0.1, -0.05) is 18.1 Å². The van der Waals surface area contributed by atoms with Gasteiger partial charge in [-0.15, -0.1) is 6.42 Å². The van der Waals surface area contributed by atoms with E-state index in [1.807, 2.05) is 0 Å². The number of hydrogen-bond acceptors (Lipinski definition) is 9. The first-order chi connectivity index (χ1) is 14.6. The van der Waals surface area contributed by atoms with Crippen LogP contribution in [0.15, 0.2) is 24.3 Å². The Morgan fingerprint density at radius 2 is 1.35 bits per heavy atom. The predicted molar refractivity (Wildman–Crippen MR) is 105 cm³/mol. The maximum Gasteiger partial charge on any atom is 0.303 e. The molecule has 5 unspecified atom stereocenters. The molecule has 1 fully saturated rings. The summed E-state index contributed by atoms with van der Waals surface area (Å²) in [6, 6.07) is 6.69. The maximum atomic E-state index is 11.8. The van der Waals surface area contributed by atoms with Gasteiger partial charge in [0.25, 0.3) is 0 Å². The minimum Gasteiger partial charge on any atom is -0.463 e. The van der Waals surface area contributed by atoms with E-state index in [-0.39, 0.29) is 6.61 Å². The molecular weight excluding hydrogens is 408 g/mol. The Kier molecular flexibility index (Phi) is 8.16. The van der Waals surface area contributed by atoms with E-state index in [0.717, 1.165) is 0 Å². The van der Waals surface area contributed by atoms with Gasteiger partial charge in [-0.05, 0) is 17.7 Å². The first-order valence-corrected chi connectivity index (χ1v) is 9.49. The van der Waals surface area contributed by atoms with Crippen molar-refractivity contribution >= 4 is 23.9 Å². The normalized spacial score (nSPS) is 24.9. The van der Waals surface area contributed by atoms with Crippen molar-refractivity contribution in [3.8, 4) is 12.3 Å². The minimum absolute atomic E-state index is 0.281. The van der Waals surface area contributed by atoms with E-state index in [2.05, 4.69) is 5.92 Å². The van der Waals surface area contributed by atoms with Crippen LogP contribution in [0.3, 0.4) is 0 Å². The molecule has 31 heavy (non-hydrogen) atoms. The van der Waals surface area contributed by atoms with Crippen molar-refractivity contribution in [3.63, 3.8) is 0 Å². The van der Waals surface area contributed by atoms with Crippen molar-refractivity contribution in [1.82, 2.24) is 0 Å². The molecule has 0 N–H and O–H groups in total. The number of rotatable bonds is 6. The van der Waals surface area contributed by atoms with Gasteiger partial charge in [-0.2, -0.15) is 0 Å². The molecule has 5 atom stereocenters. The van der Waals surface area contributed by atoms with Gasteiger partial charge in [-0.3, -0.25) is 19.2 Å². The van der Waals surface area contributed by atoms with Gasteiger partial charge >= 0.3 is 23.9 Å². The van der Waals surface area contributed by atoms with Crippen molar-refractivity contribution in [2.45, 2.75) is 58.2 Å². The van der Waals surface area contributed by atoms with Crippen molar-refractivity contribution in [2.75, 3.05) is 6.61 Å². The van der Waals surface area contributed by atoms with Crippen LogP contribution in [-0.2, 0) is 42.9 Å². The van der Waals surface area contributed by atoms with Crippen LogP contribution in [0.4, 0.5) is 0 Å². The molecule has 0 bridgehead atoms. The highest BCUT2D eigenvalue weighted by Crippen LogP contribution is 2.37. The van der Waals surface area contributed by atoms with Crippen molar-refractivity contribution in [3.05, 3.63) is 35.4 Å². The molecule has 1 saturated heterocycles. The van der Waals surface area contributed by atoms with Gasteiger partial charge < -0.3 is 23.7 Å². The van der Waals surface area contributed by atoms with E-state index >= 15 is 0 Å². The number of ether oxygens (including phenoxy) is 5. The fourth-order valence-corrected chi connectivity index (χ4v) is 3.27. The summed E-state index contributed by atoms with van der Waals surface area (Å²) in [4.78, 5) is 46.7. The van der Waals surface area contributed by atoms with Crippen LogP contribution >= 0.6 is 0 Å². The number of carbonyl (C=O) groups is 4. The third kappa shape index (κ3) is 6.55. The fraction of sp³-hybridized carbons (Fsp3) is 0.455. The standard InChI is InChI=1S/C22H24O9/c1-6-16-7-9-17(10-8-16)19-21(29-14(4)25)22(30-15(5)26)20(28-13(3)24)18(31-19)11-27-12(2)23/h1,7-10,18-22H,11H2,2-5H3. The van der Waals surface area contributed by atoms with Crippen LogP contribution in [0.25, 0.3) is 0 Å². The molecule has 9 heteroatoms. The summed E-state index contributed by atoms with van der Waals surface area (Å²) in [6.45, 7) is 4.46. The quantitative estimate of drug-likeness (QED) is 0.374. The highest BCUT2D eigenvalue weighted by atomic mass is 16.7. The van der Waals surface area contributed by atoms with Gasteiger partial charge in [0.1, 0.15) is 18.8 Å². The van der Waals surface area contributed by atoms with Crippen LogP contribution in [-0.4, -0.2) is 54.9 Å². The summed E-state index contributed by atoms with van der Waals surface area (Å²) in [6.07, 6.45) is -0.0669. The number of carbonyl (C=O) groups excluding carboxylic acids is 4. The Bertz CT molecular complexity index is 868. The molecule has 0 amide bonds. The Labute approximate surface area is 179 Å². The average molecular weight is 432 g/mol. The Morgan fingerprint density at radius 1 is 0.839 bits per heavy atom. The van der Waals surface area contributed by atoms with E-state index < -0.39 is 54.4 Å². The Hall–Kier alpha value is -3.38. The lowest BCUT2D eigenvalue weighted by atomic mass is 9.90. The zero-order chi connectivity index (χ0) is 23.1. The van der Waals surface area contributed by atoms with E-state index in [4.69, 9.17) is 30.1 Å². The zero-order valence-corrected chi connectivity index (χ0v) is 17.7. The van der Waals surface area contributed by atoms with Gasteiger partial charge in [0, 0.05) is 33.3 Å². The molecule has 9 nitrogen and oxygen atoms in total. The largest absolute Gasteiger partial charge is 0.463 e. The summed E-state index contributed by atoms with van der Waals surface area (Å²) in [7, 11) is 0. The molecule has 1 heterocycles. The van der Waals surface area contributed by atoms with Crippen LogP contribution in [0, 0.1) is 12.3 Å². The lowest BCUT2D eigenvalue weighted by Crippen LogP contribution is -2.59. The summed E-state index contributed by atoms with van der Waals surface area (Å²) in [5, 5.41) is 0. The first-order valence-electron chi connectivity index (χ1n) is 9.49. The average Bonchev–Trinajstić information content (AvgIpc) is 2.68. The predicted octanol–water partition coefficient (Wildman–Crippen LogP) is 1.47. The second-order valence-corrected chi connectivity index (χ2v) is 6.89. The van der Waals surface area contributed by atoms with Gasteiger partial charge in [0.2, 0.25) is 0 Å². The molecule has 1 aromatic carbocycles. The molecule has 1 aliphatic rings. The fourth-order valence-electron chi connectivity index (χ4n) is 3.27. The molecule has 1 aromatic rings. The molecule has 0 spiro atoms. The van der Waals surface area contributed by atoms with Crippen LogP contribution in [0.2, 0.25) is 0 Å². The molecule has 166 valence electrons. The summed E-state index contributed by atoms with van der Waals surface area (Å²) in [5.74, 6) is -0.109. The van der Waals surface area contributed by atoms with Crippen molar-refractivity contribution in [2.24, 2.45) is 0 Å². The second-order valence-electron chi connectivity index (χ2n) is 6.89. The molecule has 0 aromatic heterocycles. The number of hydrogen-bond donors (Lipinski definition) is 0. The maximum absolute atomic E-state index is 11.8. The summed E-state index contributed by atoms with van der Waals surface area (Å²) < 4.78 is 27.3. The molecule has 2 rings (SSSR count). The van der Waals surface area contributed by atoms with Gasteiger partial charge in [0.05, 0.1) is 0 Å². The second kappa shape index (κ2) is 10.6. The van der Waals surface area contributed by atoms with E-state index in [1.165, 1.54) is 27.7 Å². The molecule has 0 aliphatic carbocycles. The van der Waals surface area contributed by atoms with E-state index in [9.17, 15) is 19.2 Å². The highest BCUT2D eigenvalue weighted by Gasteiger charge is 2.52. The number of esters is 4.